The molecule has 0 aliphatic heterocycles. The minimum atomic E-state index is 0.553. The summed E-state index contributed by atoms with van der Waals surface area (Å²) in [5, 5.41) is 3.83. The first-order valence-electron chi connectivity index (χ1n) is 4.35. The molecular formula is C10H9BrN2O2. The number of hydrogen-bond acceptors (Lipinski definition) is 4. The molecule has 0 spiro atoms. The average molecular weight is 269 g/mol. The number of rotatable bonds is 2. The number of ether oxygens (including phenoxy) is 1. The normalized spacial score (nSPS) is 10.3. The summed E-state index contributed by atoms with van der Waals surface area (Å²) in [4.78, 5) is 4.14. The van der Waals surface area contributed by atoms with E-state index in [0.29, 0.717) is 11.7 Å². The molecule has 0 bridgehead atoms. The first kappa shape index (κ1) is 10.2. The average Bonchev–Trinajstić information content (AvgIpc) is 2.65. The topological polar surface area (TPSA) is 48.2 Å². The van der Waals surface area contributed by atoms with Crippen LogP contribution < -0.4 is 4.74 Å². The van der Waals surface area contributed by atoms with Crippen LogP contribution in [0.15, 0.2) is 27.2 Å². The molecule has 0 aliphatic carbocycles. The van der Waals surface area contributed by atoms with Crippen LogP contribution in [0.3, 0.4) is 0 Å². The van der Waals surface area contributed by atoms with Gasteiger partial charge in [0.15, 0.2) is 0 Å². The summed E-state index contributed by atoms with van der Waals surface area (Å²) in [6, 6.07) is 5.63. The van der Waals surface area contributed by atoms with Gasteiger partial charge in [-0.3, -0.25) is 0 Å². The molecule has 78 valence electrons. The second kappa shape index (κ2) is 4.02. The Kier molecular flexibility index (Phi) is 2.73. The van der Waals surface area contributed by atoms with Crippen LogP contribution in [0.2, 0.25) is 0 Å². The molecule has 0 fully saturated rings. The quantitative estimate of drug-likeness (QED) is 0.841. The first-order chi connectivity index (χ1) is 7.20. The van der Waals surface area contributed by atoms with E-state index < -0.39 is 0 Å². The van der Waals surface area contributed by atoms with Crippen molar-refractivity contribution in [1.82, 2.24) is 10.1 Å². The molecule has 2 aromatic rings. The van der Waals surface area contributed by atoms with Crippen molar-refractivity contribution in [3.8, 4) is 17.1 Å². The first-order valence-corrected chi connectivity index (χ1v) is 5.14. The molecule has 1 aromatic heterocycles. The molecule has 0 saturated carbocycles. The van der Waals surface area contributed by atoms with E-state index in [9.17, 15) is 0 Å². The van der Waals surface area contributed by atoms with E-state index in [1.54, 1.807) is 14.0 Å². The Morgan fingerprint density at radius 3 is 2.73 bits per heavy atom. The van der Waals surface area contributed by atoms with Crippen molar-refractivity contribution in [2.45, 2.75) is 6.92 Å². The summed E-state index contributed by atoms with van der Waals surface area (Å²) in [7, 11) is 1.62. The van der Waals surface area contributed by atoms with Crippen LogP contribution in [-0.2, 0) is 0 Å². The summed E-state index contributed by atoms with van der Waals surface area (Å²) in [6.07, 6.45) is 0. The lowest BCUT2D eigenvalue weighted by Crippen LogP contribution is -1.86. The minimum Gasteiger partial charge on any atom is -0.496 e. The van der Waals surface area contributed by atoms with Gasteiger partial charge in [-0.15, -0.1) is 0 Å². The lowest BCUT2D eigenvalue weighted by atomic mass is 10.2. The molecule has 1 aromatic carbocycles. The molecule has 0 amide bonds. The number of hydrogen-bond donors (Lipinski definition) is 0. The van der Waals surface area contributed by atoms with Gasteiger partial charge in [-0.2, -0.15) is 4.98 Å². The summed E-state index contributed by atoms with van der Waals surface area (Å²) in [5.74, 6) is 1.91. The molecule has 0 atom stereocenters. The molecule has 0 N–H and O–H groups in total. The van der Waals surface area contributed by atoms with Crippen LogP contribution >= 0.6 is 15.9 Å². The predicted octanol–water partition coefficient (Wildman–Crippen LogP) is 2.82. The number of nitrogens with zero attached hydrogens (tertiary/aromatic N) is 2. The molecular weight excluding hydrogens is 260 g/mol. The SMILES string of the molecule is COc1ccc(-c2noc(C)n2)cc1Br. The predicted molar refractivity (Wildman–Crippen MR) is 58.7 cm³/mol. The fraction of sp³-hybridized carbons (Fsp3) is 0.200. The summed E-state index contributed by atoms with van der Waals surface area (Å²) in [6.45, 7) is 1.76. The van der Waals surface area contributed by atoms with Gasteiger partial charge in [0.25, 0.3) is 0 Å². The van der Waals surface area contributed by atoms with Crippen LogP contribution in [0.5, 0.6) is 5.75 Å². The Balaban J connectivity index is 2.42. The third-order valence-corrected chi connectivity index (χ3v) is 2.56. The molecule has 2 rings (SSSR count). The smallest absolute Gasteiger partial charge is 0.223 e. The van der Waals surface area contributed by atoms with Crippen LogP contribution in [0, 0.1) is 6.92 Å². The van der Waals surface area contributed by atoms with Gasteiger partial charge in [-0.1, -0.05) is 5.16 Å². The molecule has 15 heavy (non-hydrogen) atoms. The Labute approximate surface area is 95.4 Å². The van der Waals surface area contributed by atoms with E-state index in [1.165, 1.54) is 0 Å². The van der Waals surface area contributed by atoms with Gasteiger partial charge in [-0.05, 0) is 34.1 Å². The summed E-state index contributed by atoms with van der Waals surface area (Å²) in [5.41, 5.74) is 0.888. The maximum Gasteiger partial charge on any atom is 0.223 e. The van der Waals surface area contributed by atoms with Gasteiger partial charge in [-0.25, -0.2) is 0 Å². The largest absolute Gasteiger partial charge is 0.496 e. The molecule has 0 radical (unpaired) electrons. The number of halogens is 1. The lowest BCUT2D eigenvalue weighted by molar-refractivity contribution is 0.394. The van der Waals surface area contributed by atoms with Crippen LogP contribution in [0.1, 0.15) is 5.89 Å². The Bertz CT molecular complexity index is 482. The maximum absolute atomic E-state index is 5.13. The third-order valence-electron chi connectivity index (χ3n) is 1.94. The number of aromatic nitrogens is 2. The van der Waals surface area contributed by atoms with E-state index >= 15 is 0 Å². The third kappa shape index (κ3) is 2.02. The van der Waals surface area contributed by atoms with Crippen molar-refractivity contribution in [3.05, 3.63) is 28.6 Å². The van der Waals surface area contributed by atoms with Crippen molar-refractivity contribution >= 4 is 15.9 Å². The van der Waals surface area contributed by atoms with E-state index in [2.05, 4.69) is 26.1 Å². The molecule has 5 heteroatoms. The number of methoxy groups -OCH3 is 1. The fourth-order valence-electron chi connectivity index (χ4n) is 1.22. The minimum absolute atomic E-state index is 0.553. The lowest BCUT2D eigenvalue weighted by Gasteiger charge is -2.03. The van der Waals surface area contributed by atoms with E-state index in [1.807, 2.05) is 18.2 Å². The Morgan fingerprint density at radius 2 is 2.20 bits per heavy atom. The molecule has 1 heterocycles. The van der Waals surface area contributed by atoms with Crippen molar-refractivity contribution in [2.75, 3.05) is 7.11 Å². The van der Waals surface area contributed by atoms with Crippen molar-refractivity contribution in [2.24, 2.45) is 0 Å². The highest BCUT2D eigenvalue weighted by molar-refractivity contribution is 9.10. The van der Waals surface area contributed by atoms with Crippen LogP contribution in [0.4, 0.5) is 0 Å². The molecule has 0 aliphatic rings. The second-order valence-corrected chi connectivity index (χ2v) is 3.84. The summed E-state index contributed by atoms with van der Waals surface area (Å²) < 4.78 is 10.9. The maximum atomic E-state index is 5.13. The van der Waals surface area contributed by atoms with Crippen molar-refractivity contribution in [1.29, 1.82) is 0 Å². The standard InChI is InChI=1S/C10H9BrN2O2/c1-6-12-10(13-15-6)7-3-4-9(14-2)8(11)5-7/h3-5H,1-2H3. The van der Waals surface area contributed by atoms with Gasteiger partial charge in [0.1, 0.15) is 5.75 Å². The highest BCUT2D eigenvalue weighted by atomic mass is 79.9. The molecule has 0 unspecified atom stereocenters. The van der Waals surface area contributed by atoms with Gasteiger partial charge in [0.2, 0.25) is 11.7 Å². The monoisotopic (exact) mass is 268 g/mol. The zero-order valence-electron chi connectivity index (χ0n) is 8.32. The Hall–Kier alpha value is -1.36. The molecule has 4 nitrogen and oxygen atoms in total. The van der Waals surface area contributed by atoms with Crippen molar-refractivity contribution in [3.63, 3.8) is 0 Å². The fourth-order valence-corrected chi connectivity index (χ4v) is 1.76. The van der Waals surface area contributed by atoms with E-state index in [0.717, 1.165) is 15.8 Å². The van der Waals surface area contributed by atoms with Gasteiger partial charge in [0.05, 0.1) is 11.6 Å². The highest BCUT2D eigenvalue weighted by Gasteiger charge is 2.08. The van der Waals surface area contributed by atoms with E-state index in [-0.39, 0.29) is 0 Å². The second-order valence-electron chi connectivity index (χ2n) is 2.99. The Morgan fingerprint density at radius 1 is 1.40 bits per heavy atom. The van der Waals surface area contributed by atoms with E-state index in [4.69, 9.17) is 9.26 Å². The zero-order valence-corrected chi connectivity index (χ0v) is 9.91. The number of aryl methyl sites for hydroxylation is 1. The van der Waals surface area contributed by atoms with Gasteiger partial charge >= 0.3 is 0 Å². The van der Waals surface area contributed by atoms with Crippen molar-refractivity contribution < 1.29 is 9.26 Å². The summed E-state index contributed by atoms with van der Waals surface area (Å²) >= 11 is 3.40. The van der Waals surface area contributed by atoms with Gasteiger partial charge < -0.3 is 9.26 Å². The highest BCUT2D eigenvalue weighted by Crippen LogP contribution is 2.29. The van der Waals surface area contributed by atoms with Crippen LogP contribution in [0.25, 0.3) is 11.4 Å². The van der Waals surface area contributed by atoms with Gasteiger partial charge in [0, 0.05) is 12.5 Å². The van der Waals surface area contributed by atoms with Crippen LogP contribution in [-0.4, -0.2) is 17.3 Å². The molecule has 0 saturated heterocycles. The zero-order chi connectivity index (χ0) is 10.8. The number of benzene rings is 1.